The minimum absolute atomic E-state index is 0.00540. The van der Waals surface area contributed by atoms with E-state index in [2.05, 4.69) is 58.3 Å². The molecule has 6 rings (SSSR count). The molecule has 0 bridgehead atoms. The number of hydrogen-bond donors (Lipinski definition) is 1. The van der Waals surface area contributed by atoms with Gasteiger partial charge in [-0.2, -0.15) is 5.21 Å². The Hall–Kier alpha value is -4.77. The number of hydrogen-bond acceptors (Lipinski definition) is 9. The van der Waals surface area contributed by atoms with Crippen LogP contribution in [0.1, 0.15) is 98.1 Å². The molecule has 1 aliphatic heterocycles. The lowest BCUT2D eigenvalue weighted by Gasteiger charge is -2.39. The van der Waals surface area contributed by atoms with Gasteiger partial charge in [0, 0.05) is 53.8 Å². The van der Waals surface area contributed by atoms with E-state index < -0.39 is 5.92 Å². The van der Waals surface area contributed by atoms with Crippen molar-refractivity contribution in [3.63, 3.8) is 0 Å². The summed E-state index contributed by atoms with van der Waals surface area (Å²) < 4.78 is 5.91. The average Bonchev–Trinajstić information content (AvgIpc) is 3.84. The van der Waals surface area contributed by atoms with Gasteiger partial charge in [-0.25, -0.2) is 9.97 Å². The van der Waals surface area contributed by atoms with Crippen LogP contribution in [0.4, 0.5) is 0 Å². The van der Waals surface area contributed by atoms with Crippen molar-refractivity contribution < 1.29 is 14.3 Å². The lowest BCUT2D eigenvalue weighted by molar-refractivity contribution is -0.140. The molecule has 0 saturated carbocycles. The van der Waals surface area contributed by atoms with Crippen LogP contribution in [0.25, 0.3) is 22.5 Å². The Kier molecular flexibility index (Phi) is 11.7. The van der Waals surface area contributed by atoms with Crippen LogP contribution in [0.5, 0.6) is 5.75 Å². The summed E-state index contributed by atoms with van der Waals surface area (Å²) >= 11 is 1.52. The molecule has 51 heavy (non-hydrogen) atoms. The molecule has 0 spiro atoms. The number of rotatable bonds is 16. The molecular weight excluding hydrogens is 659 g/mol. The molecule has 3 aromatic heterocycles. The molecule has 1 saturated heterocycles. The summed E-state index contributed by atoms with van der Waals surface area (Å²) in [4.78, 5) is 40.3. The molecule has 1 N–H and O–H groups in total. The Morgan fingerprint density at radius 3 is 2.25 bits per heavy atom. The normalized spacial score (nSPS) is 13.9. The fourth-order valence-corrected chi connectivity index (χ4v) is 7.24. The van der Waals surface area contributed by atoms with E-state index in [1.165, 1.54) is 37.0 Å². The van der Waals surface area contributed by atoms with Gasteiger partial charge in [0.25, 0.3) is 0 Å². The van der Waals surface area contributed by atoms with Gasteiger partial charge in [-0.15, -0.1) is 21.5 Å². The second-order valence-electron chi connectivity index (χ2n) is 14.4. The molecule has 1 aliphatic rings. The second kappa shape index (κ2) is 16.5. The average molecular weight is 706 g/mol. The van der Waals surface area contributed by atoms with Gasteiger partial charge in [0.05, 0.1) is 17.4 Å². The van der Waals surface area contributed by atoms with Crippen LogP contribution in [0.15, 0.2) is 73.1 Å². The zero-order valence-corrected chi connectivity index (χ0v) is 30.8. The maximum absolute atomic E-state index is 13.8. The highest BCUT2D eigenvalue weighted by Crippen LogP contribution is 2.33. The highest BCUT2D eigenvalue weighted by molar-refractivity contribution is 7.14. The first-order chi connectivity index (χ1) is 24.7. The monoisotopic (exact) mass is 705 g/mol. The number of nitrogens with one attached hydrogen (secondary N) is 1. The molecule has 1 amide bonds. The summed E-state index contributed by atoms with van der Waals surface area (Å²) in [5.74, 6) is 1.63. The molecule has 0 aliphatic carbocycles. The first-order valence-electron chi connectivity index (χ1n) is 18.0. The predicted molar refractivity (Wildman–Crippen MR) is 200 cm³/mol. The number of carbonyl (C=O) groups excluding carboxylic acids is 2. The maximum atomic E-state index is 13.8. The van der Waals surface area contributed by atoms with E-state index in [0.29, 0.717) is 36.0 Å². The Balaban J connectivity index is 1.09. The highest BCUT2D eigenvalue weighted by atomic mass is 32.1. The number of amides is 1. The lowest BCUT2D eigenvalue weighted by Crippen LogP contribution is -2.51. The van der Waals surface area contributed by atoms with E-state index in [4.69, 9.17) is 4.74 Å². The zero-order valence-electron chi connectivity index (χ0n) is 30.0. The fourth-order valence-electron chi connectivity index (χ4n) is 6.22. The number of aromatic amines is 1. The smallest absolute Gasteiger partial charge is 0.226 e. The highest BCUT2D eigenvalue weighted by Gasteiger charge is 2.38. The number of aromatic nitrogens is 6. The number of nitrogens with zero attached hydrogens (tertiary/aromatic N) is 6. The minimum Gasteiger partial charge on any atom is -0.494 e. The van der Waals surface area contributed by atoms with E-state index in [-0.39, 0.29) is 29.4 Å². The zero-order chi connectivity index (χ0) is 35.8. The van der Waals surface area contributed by atoms with Gasteiger partial charge in [0.2, 0.25) is 5.91 Å². The predicted octanol–water partition coefficient (Wildman–Crippen LogP) is 8.09. The number of H-pyrrole nitrogens is 1. The summed E-state index contributed by atoms with van der Waals surface area (Å²) in [6.45, 7) is 10.4. The van der Waals surface area contributed by atoms with Gasteiger partial charge in [-0.3, -0.25) is 9.59 Å². The van der Waals surface area contributed by atoms with Crippen molar-refractivity contribution in [3.8, 4) is 28.3 Å². The summed E-state index contributed by atoms with van der Waals surface area (Å²) in [5, 5.41) is 14.3. The molecule has 1 fully saturated rings. The van der Waals surface area contributed by atoms with Gasteiger partial charge in [0.1, 0.15) is 5.75 Å². The topological polar surface area (TPSA) is 127 Å². The van der Waals surface area contributed by atoms with Crippen molar-refractivity contribution in [2.24, 2.45) is 5.92 Å². The first-order valence-corrected chi connectivity index (χ1v) is 18.8. The fraction of sp³-hybridized carbons (Fsp3) is 0.425. The van der Waals surface area contributed by atoms with Gasteiger partial charge in [-0.1, -0.05) is 95.0 Å². The Morgan fingerprint density at radius 2 is 1.61 bits per heavy atom. The molecule has 0 unspecified atom stereocenters. The molecule has 266 valence electrons. The molecule has 11 heteroatoms. The molecule has 4 heterocycles. The van der Waals surface area contributed by atoms with Crippen molar-refractivity contribution in [1.29, 1.82) is 0 Å². The number of thiophene rings is 1. The van der Waals surface area contributed by atoms with Crippen LogP contribution in [0, 0.1) is 5.92 Å². The number of carbonyl (C=O) groups is 2. The van der Waals surface area contributed by atoms with Crippen LogP contribution in [-0.4, -0.2) is 66.9 Å². The summed E-state index contributed by atoms with van der Waals surface area (Å²) in [6, 6.07) is 19.9. The number of tetrazole rings is 1. The number of ketones is 1. The number of likely N-dealkylation sites (tertiary alicyclic amines) is 1. The maximum Gasteiger partial charge on any atom is 0.226 e. The lowest BCUT2D eigenvalue weighted by atomic mass is 9.89. The first kappa shape index (κ1) is 36.0. The van der Waals surface area contributed by atoms with E-state index in [1.54, 1.807) is 4.90 Å². The third-order valence-corrected chi connectivity index (χ3v) is 10.9. The Morgan fingerprint density at radius 1 is 0.902 bits per heavy atom. The number of benzene rings is 2. The summed E-state index contributed by atoms with van der Waals surface area (Å²) in [5.41, 5.74) is 3.77. The standard InChI is InChI=1S/C40H47N7O3S/c1-5-6-7-8-9-20-50-33-16-14-28(15-17-33)31-23-41-37(42-24-31)29-12-10-27(11-13-29)21-30(22-34(48)35-18-19-36(51-35)40(2,3)4)39(49)47-25-32(26-47)38-43-45-46-44-38/h10-19,23-24,30,32H,5-9,20-22,25-26H2,1-4H3,(H,43,44,45,46)/t30-/m1/s1. The largest absolute Gasteiger partial charge is 0.494 e. The van der Waals surface area contributed by atoms with Crippen LogP contribution in [0.3, 0.4) is 0 Å². The molecule has 1 atom stereocenters. The van der Waals surface area contributed by atoms with Gasteiger partial charge < -0.3 is 9.64 Å². The van der Waals surface area contributed by atoms with E-state index in [9.17, 15) is 9.59 Å². The summed E-state index contributed by atoms with van der Waals surface area (Å²) in [6.07, 6.45) is 10.3. The molecule has 5 aromatic rings. The van der Waals surface area contributed by atoms with E-state index >= 15 is 0 Å². The number of Topliss-reactive ketones (excluding diaryl/α,β-unsaturated/α-hetero) is 1. The molecule has 10 nitrogen and oxygen atoms in total. The molecule has 2 aromatic carbocycles. The van der Waals surface area contributed by atoms with Crippen LogP contribution in [-0.2, 0) is 16.6 Å². The van der Waals surface area contributed by atoms with Gasteiger partial charge in [0.15, 0.2) is 17.4 Å². The number of ether oxygens (including phenoxy) is 1. The van der Waals surface area contributed by atoms with E-state index in [0.717, 1.165) is 45.9 Å². The van der Waals surface area contributed by atoms with Crippen LogP contribution >= 0.6 is 11.3 Å². The van der Waals surface area contributed by atoms with Gasteiger partial charge in [-0.05, 0) is 53.6 Å². The molecular formula is C40H47N7O3S. The quantitative estimate of drug-likeness (QED) is 0.0807. The van der Waals surface area contributed by atoms with Crippen molar-refractivity contribution in [3.05, 3.63) is 94.2 Å². The van der Waals surface area contributed by atoms with Crippen LogP contribution < -0.4 is 4.74 Å². The van der Waals surface area contributed by atoms with Crippen molar-refractivity contribution in [2.45, 2.75) is 84.0 Å². The van der Waals surface area contributed by atoms with E-state index in [1.807, 2.05) is 73.1 Å². The third kappa shape index (κ3) is 9.32. The third-order valence-electron chi connectivity index (χ3n) is 9.37. The van der Waals surface area contributed by atoms with Gasteiger partial charge >= 0.3 is 0 Å². The summed E-state index contributed by atoms with van der Waals surface area (Å²) in [7, 11) is 0. The van der Waals surface area contributed by atoms with Crippen molar-refractivity contribution >= 4 is 23.0 Å². The number of unbranched alkanes of at least 4 members (excludes halogenated alkanes) is 4. The molecule has 0 radical (unpaired) electrons. The van der Waals surface area contributed by atoms with Crippen molar-refractivity contribution in [2.75, 3.05) is 19.7 Å². The van der Waals surface area contributed by atoms with Crippen LogP contribution in [0.2, 0.25) is 0 Å². The minimum atomic E-state index is -0.493. The Bertz CT molecular complexity index is 1860. The SMILES string of the molecule is CCCCCCCOc1ccc(-c2cnc(-c3ccc(C[C@H](CC(=O)c4ccc(C(C)(C)C)s4)C(=O)N4CC(c5nn[nH]n5)C4)cc3)nc2)cc1. The second-order valence-corrected chi connectivity index (χ2v) is 15.5. The Labute approximate surface area is 304 Å². The van der Waals surface area contributed by atoms with Crippen molar-refractivity contribution in [1.82, 2.24) is 35.5 Å².